The van der Waals surface area contributed by atoms with Crippen LogP contribution < -0.4 is 5.32 Å². The van der Waals surface area contributed by atoms with Crippen molar-refractivity contribution >= 4 is 11.3 Å². The number of hydrogen-bond acceptors (Lipinski definition) is 5. The summed E-state index contributed by atoms with van der Waals surface area (Å²) in [6.45, 7) is 2.74. The molecule has 78 valence electrons. The molecule has 1 N–H and O–H groups in total. The molecule has 0 atom stereocenters. The molecular weight excluding hydrogens is 208 g/mol. The van der Waals surface area contributed by atoms with Crippen LogP contribution >= 0.6 is 11.3 Å². The van der Waals surface area contributed by atoms with E-state index < -0.39 is 0 Å². The first kappa shape index (κ1) is 10.2. The Morgan fingerprint density at radius 2 is 2.13 bits per heavy atom. The molecule has 0 unspecified atom stereocenters. The Balaban J connectivity index is 2.33. The highest BCUT2D eigenvalue weighted by atomic mass is 32.1. The molecule has 0 fully saturated rings. The Kier molecular flexibility index (Phi) is 3.03. The number of nitrogens with one attached hydrogen (secondary N) is 1. The molecule has 0 spiro atoms. The van der Waals surface area contributed by atoms with Gasteiger partial charge in [0.15, 0.2) is 0 Å². The van der Waals surface area contributed by atoms with Crippen molar-refractivity contribution in [3.63, 3.8) is 0 Å². The quantitative estimate of drug-likeness (QED) is 0.854. The molecule has 5 heteroatoms. The molecule has 0 radical (unpaired) electrons. The maximum absolute atomic E-state index is 4.48. The summed E-state index contributed by atoms with van der Waals surface area (Å²) in [6, 6.07) is 0. The van der Waals surface area contributed by atoms with Crippen LogP contribution in [0.5, 0.6) is 0 Å². The van der Waals surface area contributed by atoms with Crippen molar-refractivity contribution in [3.05, 3.63) is 28.5 Å². The van der Waals surface area contributed by atoms with E-state index in [0.717, 1.165) is 28.6 Å². The molecule has 0 saturated heterocycles. The van der Waals surface area contributed by atoms with E-state index in [2.05, 4.69) is 20.3 Å². The molecule has 4 nitrogen and oxygen atoms in total. The minimum Gasteiger partial charge on any atom is -0.314 e. The van der Waals surface area contributed by atoms with Gasteiger partial charge in [0, 0.05) is 24.3 Å². The smallest absolute Gasteiger partial charge is 0.111 e. The van der Waals surface area contributed by atoms with Crippen LogP contribution in [0.3, 0.4) is 0 Å². The number of aryl methyl sites for hydroxylation is 1. The number of hydrogen-bond donors (Lipinski definition) is 1. The summed E-state index contributed by atoms with van der Waals surface area (Å²) in [5.74, 6) is 0. The van der Waals surface area contributed by atoms with E-state index in [4.69, 9.17) is 0 Å². The SMILES string of the molecule is CNCc1nc(-c2nccnc2C)cs1. The molecular formula is C10H12N4S. The molecule has 0 aromatic carbocycles. The van der Waals surface area contributed by atoms with Gasteiger partial charge in [-0.2, -0.15) is 0 Å². The van der Waals surface area contributed by atoms with Crippen LogP contribution in [0.1, 0.15) is 10.7 Å². The Morgan fingerprint density at radius 1 is 1.33 bits per heavy atom. The standard InChI is InChI=1S/C10H12N4S/c1-7-10(13-4-3-12-7)8-6-15-9(14-8)5-11-2/h3-4,6,11H,5H2,1-2H3. The van der Waals surface area contributed by atoms with Crippen molar-refractivity contribution in [2.24, 2.45) is 0 Å². The van der Waals surface area contributed by atoms with Gasteiger partial charge in [-0.05, 0) is 14.0 Å². The Morgan fingerprint density at radius 3 is 2.87 bits per heavy atom. The lowest BCUT2D eigenvalue weighted by molar-refractivity contribution is 0.810. The molecule has 2 aromatic rings. The van der Waals surface area contributed by atoms with E-state index in [1.165, 1.54) is 0 Å². The van der Waals surface area contributed by atoms with Crippen LogP contribution in [-0.4, -0.2) is 22.0 Å². The van der Waals surface area contributed by atoms with Crippen LogP contribution in [0.4, 0.5) is 0 Å². The van der Waals surface area contributed by atoms with E-state index in [1.54, 1.807) is 23.7 Å². The first-order chi connectivity index (χ1) is 7.31. The number of aromatic nitrogens is 3. The second-order valence-corrected chi connectivity index (χ2v) is 4.09. The second kappa shape index (κ2) is 4.46. The van der Waals surface area contributed by atoms with E-state index in [1.807, 2.05) is 19.4 Å². The van der Waals surface area contributed by atoms with Crippen molar-refractivity contribution in [2.45, 2.75) is 13.5 Å². The third kappa shape index (κ3) is 2.19. The zero-order valence-corrected chi connectivity index (χ0v) is 9.51. The summed E-state index contributed by atoms with van der Waals surface area (Å²) in [4.78, 5) is 13.0. The van der Waals surface area contributed by atoms with Crippen LogP contribution in [0.15, 0.2) is 17.8 Å². The van der Waals surface area contributed by atoms with Crippen molar-refractivity contribution in [3.8, 4) is 11.4 Å². The van der Waals surface area contributed by atoms with Crippen molar-refractivity contribution in [2.75, 3.05) is 7.05 Å². The maximum atomic E-state index is 4.48. The average molecular weight is 220 g/mol. The number of rotatable bonds is 3. The molecule has 2 aromatic heterocycles. The summed E-state index contributed by atoms with van der Waals surface area (Å²) in [5, 5.41) is 6.16. The number of thiazole rings is 1. The van der Waals surface area contributed by atoms with Gasteiger partial charge in [-0.25, -0.2) is 4.98 Å². The highest BCUT2D eigenvalue weighted by Crippen LogP contribution is 2.21. The number of nitrogens with zero attached hydrogens (tertiary/aromatic N) is 3. The molecule has 2 rings (SSSR count). The monoisotopic (exact) mass is 220 g/mol. The fourth-order valence-electron chi connectivity index (χ4n) is 1.31. The van der Waals surface area contributed by atoms with Gasteiger partial charge in [-0.15, -0.1) is 11.3 Å². The second-order valence-electron chi connectivity index (χ2n) is 3.15. The molecule has 0 bridgehead atoms. The third-order valence-electron chi connectivity index (χ3n) is 2.00. The average Bonchev–Trinajstić information content (AvgIpc) is 2.68. The van der Waals surface area contributed by atoms with Crippen molar-refractivity contribution in [1.29, 1.82) is 0 Å². The Bertz CT molecular complexity index is 452. The lowest BCUT2D eigenvalue weighted by Crippen LogP contribution is -2.04. The van der Waals surface area contributed by atoms with Gasteiger partial charge in [-0.1, -0.05) is 0 Å². The fourth-order valence-corrected chi connectivity index (χ4v) is 2.10. The van der Waals surface area contributed by atoms with E-state index >= 15 is 0 Å². The normalized spacial score (nSPS) is 10.5. The minimum absolute atomic E-state index is 0.796. The van der Waals surface area contributed by atoms with E-state index in [-0.39, 0.29) is 0 Å². The molecule has 0 saturated carbocycles. The molecule has 0 aliphatic carbocycles. The summed E-state index contributed by atoms with van der Waals surface area (Å²) in [5.41, 5.74) is 2.70. The van der Waals surface area contributed by atoms with Gasteiger partial charge in [0.05, 0.1) is 5.69 Å². The Labute approximate surface area is 92.4 Å². The van der Waals surface area contributed by atoms with Gasteiger partial charge in [-0.3, -0.25) is 9.97 Å². The first-order valence-electron chi connectivity index (χ1n) is 4.68. The van der Waals surface area contributed by atoms with E-state index in [9.17, 15) is 0 Å². The minimum atomic E-state index is 0.796. The fraction of sp³-hybridized carbons (Fsp3) is 0.300. The lowest BCUT2D eigenvalue weighted by Gasteiger charge is -1.98. The van der Waals surface area contributed by atoms with Crippen LogP contribution in [-0.2, 0) is 6.54 Å². The molecule has 15 heavy (non-hydrogen) atoms. The summed E-state index contributed by atoms with van der Waals surface area (Å²) in [7, 11) is 1.91. The predicted molar refractivity (Wildman–Crippen MR) is 60.6 cm³/mol. The summed E-state index contributed by atoms with van der Waals surface area (Å²) >= 11 is 1.64. The third-order valence-corrected chi connectivity index (χ3v) is 2.85. The molecule has 0 aliphatic rings. The summed E-state index contributed by atoms with van der Waals surface area (Å²) in [6.07, 6.45) is 3.39. The highest BCUT2D eigenvalue weighted by Gasteiger charge is 2.07. The predicted octanol–water partition coefficient (Wildman–Crippen LogP) is 1.63. The van der Waals surface area contributed by atoms with Gasteiger partial charge in [0.1, 0.15) is 16.4 Å². The van der Waals surface area contributed by atoms with Crippen molar-refractivity contribution < 1.29 is 0 Å². The van der Waals surface area contributed by atoms with Crippen LogP contribution in [0.2, 0.25) is 0 Å². The molecule has 2 heterocycles. The topological polar surface area (TPSA) is 50.7 Å². The van der Waals surface area contributed by atoms with Gasteiger partial charge < -0.3 is 5.32 Å². The maximum Gasteiger partial charge on any atom is 0.111 e. The van der Waals surface area contributed by atoms with Gasteiger partial charge >= 0.3 is 0 Å². The van der Waals surface area contributed by atoms with Crippen LogP contribution in [0, 0.1) is 6.92 Å². The molecule has 0 amide bonds. The van der Waals surface area contributed by atoms with Gasteiger partial charge in [0.25, 0.3) is 0 Å². The zero-order valence-electron chi connectivity index (χ0n) is 8.69. The van der Waals surface area contributed by atoms with Gasteiger partial charge in [0.2, 0.25) is 0 Å². The van der Waals surface area contributed by atoms with Crippen molar-refractivity contribution in [1.82, 2.24) is 20.3 Å². The zero-order chi connectivity index (χ0) is 10.7. The largest absolute Gasteiger partial charge is 0.314 e. The van der Waals surface area contributed by atoms with Crippen LogP contribution in [0.25, 0.3) is 11.4 Å². The lowest BCUT2D eigenvalue weighted by atomic mass is 10.3. The highest BCUT2D eigenvalue weighted by molar-refractivity contribution is 7.09. The Hall–Kier alpha value is -1.33. The van der Waals surface area contributed by atoms with E-state index in [0.29, 0.717) is 0 Å². The first-order valence-corrected chi connectivity index (χ1v) is 5.56. The molecule has 0 aliphatic heterocycles. The summed E-state index contributed by atoms with van der Waals surface area (Å²) < 4.78 is 0.